The Morgan fingerprint density at radius 1 is 1.12 bits per heavy atom. The van der Waals surface area contributed by atoms with Gasteiger partial charge in [0.25, 0.3) is 0 Å². The summed E-state index contributed by atoms with van der Waals surface area (Å²) in [5, 5.41) is 0. The summed E-state index contributed by atoms with van der Waals surface area (Å²) in [4.78, 5) is 13.1. The second kappa shape index (κ2) is 7.82. The van der Waals surface area contributed by atoms with E-state index in [-0.39, 0.29) is 6.61 Å². The van der Waals surface area contributed by atoms with Gasteiger partial charge in [-0.1, -0.05) is 0 Å². The summed E-state index contributed by atoms with van der Waals surface area (Å²) in [6.45, 7) is 5.90. The van der Waals surface area contributed by atoms with Crippen LogP contribution in [0.25, 0.3) is 0 Å². The fourth-order valence-electron chi connectivity index (χ4n) is 1.21. The zero-order chi connectivity index (χ0) is 13.5. The molecule has 0 aliphatic heterocycles. The predicted molar refractivity (Wildman–Crippen MR) is 65.4 cm³/mol. The van der Waals surface area contributed by atoms with E-state index in [0.29, 0.717) is 13.2 Å². The molecule has 6 nitrogen and oxygen atoms in total. The maximum atomic E-state index is 12.6. The van der Waals surface area contributed by atoms with E-state index in [1.165, 1.54) is 19.0 Å². The standard InChI is InChI=1S/C10H22NO5P/c1-6-14-10(15-7-2)17(13,16-8-3)9(12)11(4)5/h10H,6-8H2,1-5H3. The SMILES string of the molecule is CCOC(OCC)P(=O)(OCC)C(=O)N(C)C. The van der Waals surface area contributed by atoms with Gasteiger partial charge in [-0.15, -0.1) is 0 Å². The average Bonchev–Trinajstić information content (AvgIpc) is 2.27. The molecule has 0 aromatic heterocycles. The number of hydrogen-bond donors (Lipinski definition) is 0. The summed E-state index contributed by atoms with van der Waals surface area (Å²) in [5.74, 6) is 0. The van der Waals surface area contributed by atoms with Gasteiger partial charge in [0.05, 0.1) is 6.61 Å². The molecule has 1 amide bonds. The van der Waals surface area contributed by atoms with Crippen LogP contribution in [0.3, 0.4) is 0 Å². The second-order valence-corrected chi connectivity index (χ2v) is 5.67. The number of hydrogen-bond acceptors (Lipinski definition) is 5. The van der Waals surface area contributed by atoms with Crippen LogP contribution >= 0.6 is 7.37 Å². The van der Waals surface area contributed by atoms with Crippen molar-refractivity contribution >= 4 is 13.0 Å². The third kappa shape index (κ3) is 4.39. The van der Waals surface area contributed by atoms with Gasteiger partial charge in [-0.05, 0) is 20.8 Å². The Labute approximate surface area is 103 Å². The lowest BCUT2D eigenvalue weighted by atomic mass is 10.9. The van der Waals surface area contributed by atoms with E-state index in [4.69, 9.17) is 14.0 Å². The van der Waals surface area contributed by atoms with Crippen molar-refractivity contribution < 1.29 is 23.4 Å². The van der Waals surface area contributed by atoms with Crippen molar-refractivity contribution in [3.63, 3.8) is 0 Å². The number of carbonyl (C=O) groups excluding carboxylic acids is 1. The van der Waals surface area contributed by atoms with Crippen LogP contribution in [-0.2, 0) is 18.6 Å². The third-order valence-corrected chi connectivity index (χ3v) is 4.29. The van der Waals surface area contributed by atoms with Crippen molar-refractivity contribution in [2.45, 2.75) is 26.8 Å². The Morgan fingerprint density at radius 2 is 1.59 bits per heavy atom. The molecule has 0 fully saturated rings. The van der Waals surface area contributed by atoms with Crippen LogP contribution in [0, 0.1) is 0 Å². The molecule has 1 atom stereocenters. The van der Waals surface area contributed by atoms with Gasteiger partial charge in [-0.3, -0.25) is 9.36 Å². The number of carbonyl (C=O) groups is 1. The molecule has 0 saturated carbocycles. The molecule has 0 saturated heterocycles. The summed E-state index contributed by atoms with van der Waals surface area (Å²) < 4.78 is 28.1. The van der Waals surface area contributed by atoms with Crippen molar-refractivity contribution in [3.05, 3.63) is 0 Å². The lowest BCUT2D eigenvalue weighted by Gasteiger charge is -2.27. The van der Waals surface area contributed by atoms with Crippen molar-refractivity contribution in [2.75, 3.05) is 33.9 Å². The van der Waals surface area contributed by atoms with Crippen LogP contribution in [0.4, 0.5) is 4.79 Å². The number of nitrogens with zero attached hydrogens (tertiary/aromatic N) is 1. The molecule has 0 N–H and O–H groups in total. The first kappa shape index (κ1) is 16.6. The number of ether oxygens (including phenoxy) is 2. The molecule has 0 aromatic rings. The van der Waals surface area contributed by atoms with Gasteiger partial charge in [-0.2, -0.15) is 0 Å². The quantitative estimate of drug-likeness (QED) is 0.499. The minimum Gasteiger partial charge on any atom is -0.344 e. The second-order valence-electron chi connectivity index (χ2n) is 3.41. The van der Waals surface area contributed by atoms with Gasteiger partial charge in [0.15, 0.2) is 0 Å². The Morgan fingerprint density at radius 3 is 1.88 bits per heavy atom. The third-order valence-electron chi connectivity index (χ3n) is 1.87. The maximum absolute atomic E-state index is 12.6. The molecular weight excluding hydrogens is 245 g/mol. The minimum atomic E-state index is -3.67. The molecule has 17 heavy (non-hydrogen) atoms. The number of amides is 1. The highest BCUT2D eigenvalue weighted by atomic mass is 31.2. The van der Waals surface area contributed by atoms with E-state index in [2.05, 4.69) is 0 Å². The van der Waals surface area contributed by atoms with E-state index in [9.17, 15) is 9.36 Å². The Kier molecular flexibility index (Phi) is 7.63. The van der Waals surface area contributed by atoms with E-state index < -0.39 is 19.0 Å². The summed E-state index contributed by atoms with van der Waals surface area (Å²) in [6.07, 6.45) is 0. The Hall–Kier alpha value is -0.420. The normalized spacial score (nSPS) is 14.7. The van der Waals surface area contributed by atoms with Gasteiger partial charge in [0.2, 0.25) is 6.03 Å². The topological polar surface area (TPSA) is 65.1 Å². The molecule has 0 aliphatic carbocycles. The van der Waals surface area contributed by atoms with Gasteiger partial charge in [-0.25, -0.2) is 0 Å². The largest absolute Gasteiger partial charge is 0.344 e. The maximum Gasteiger partial charge on any atom is 0.342 e. The van der Waals surface area contributed by atoms with Crippen LogP contribution in [0.5, 0.6) is 0 Å². The highest BCUT2D eigenvalue weighted by molar-refractivity contribution is 7.76. The van der Waals surface area contributed by atoms with Crippen LogP contribution in [0.15, 0.2) is 0 Å². The summed E-state index contributed by atoms with van der Waals surface area (Å²) >= 11 is 0. The molecule has 0 bridgehead atoms. The van der Waals surface area contributed by atoms with Crippen molar-refractivity contribution in [2.24, 2.45) is 0 Å². The van der Waals surface area contributed by atoms with E-state index in [1.54, 1.807) is 20.8 Å². The molecule has 102 valence electrons. The first-order valence-electron chi connectivity index (χ1n) is 5.63. The van der Waals surface area contributed by atoms with Crippen molar-refractivity contribution in [1.82, 2.24) is 4.90 Å². The molecule has 0 spiro atoms. The highest BCUT2D eigenvalue weighted by Gasteiger charge is 2.44. The molecule has 7 heteroatoms. The molecule has 1 unspecified atom stereocenters. The van der Waals surface area contributed by atoms with Gasteiger partial charge >= 0.3 is 13.0 Å². The van der Waals surface area contributed by atoms with Crippen LogP contribution in [-0.4, -0.2) is 50.5 Å². The van der Waals surface area contributed by atoms with Gasteiger partial charge in [0.1, 0.15) is 0 Å². The summed E-state index contributed by atoms with van der Waals surface area (Å²) in [7, 11) is -0.633. The fraction of sp³-hybridized carbons (Fsp3) is 0.900. The minimum absolute atomic E-state index is 0.160. The summed E-state index contributed by atoms with van der Waals surface area (Å²) in [5.41, 5.74) is -0.605. The molecular formula is C10H22NO5P. The lowest BCUT2D eigenvalue weighted by Crippen LogP contribution is -2.30. The van der Waals surface area contributed by atoms with E-state index >= 15 is 0 Å². The van der Waals surface area contributed by atoms with E-state index in [0.717, 1.165) is 0 Å². The van der Waals surface area contributed by atoms with Crippen molar-refractivity contribution in [3.8, 4) is 0 Å². The van der Waals surface area contributed by atoms with Gasteiger partial charge in [0, 0.05) is 27.3 Å². The van der Waals surface area contributed by atoms with Crippen LogP contribution < -0.4 is 0 Å². The Bertz CT molecular complexity index is 276. The molecule has 0 aromatic carbocycles. The molecule has 0 radical (unpaired) electrons. The van der Waals surface area contributed by atoms with Crippen LogP contribution in [0.1, 0.15) is 20.8 Å². The van der Waals surface area contributed by atoms with Gasteiger partial charge < -0.3 is 18.9 Å². The molecule has 0 rings (SSSR count). The van der Waals surface area contributed by atoms with E-state index in [1.807, 2.05) is 0 Å². The molecule has 0 aliphatic rings. The van der Waals surface area contributed by atoms with Crippen molar-refractivity contribution in [1.29, 1.82) is 0 Å². The number of rotatable bonds is 8. The monoisotopic (exact) mass is 267 g/mol. The Balaban J connectivity index is 5.12. The lowest BCUT2D eigenvalue weighted by molar-refractivity contribution is -0.0878. The predicted octanol–water partition coefficient (Wildman–Crippen LogP) is 2.34. The zero-order valence-electron chi connectivity index (χ0n) is 11.1. The highest BCUT2D eigenvalue weighted by Crippen LogP contribution is 2.54. The fourth-order valence-corrected chi connectivity index (χ4v) is 3.25. The smallest absolute Gasteiger partial charge is 0.342 e. The average molecular weight is 267 g/mol. The first-order chi connectivity index (χ1) is 7.93. The zero-order valence-corrected chi connectivity index (χ0v) is 12.0. The molecule has 0 heterocycles. The summed E-state index contributed by atoms with van der Waals surface area (Å²) in [6, 6.07) is -1.13. The van der Waals surface area contributed by atoms with Crippen LogP contribution in [0.2, 0.25) is 0 Å². The first-order valence-corrected chi connectivity index (χ1v) is 7.32.